The highest BCUT2D eigenvalue weighted by atomic mass is 16.4. The van der Waals surface area contributed by atoms with Gasteiger partial charge in [-0.3, -0.25) is 4.79 Å². The Morgan fingerprint density at radius 2 is 1.64 bits per heavy atom. The Morgan fingerprint density at radius 1 is 1.14 bits per heavy atom. The van der Waals surface area contributed by atoms with Gasteiger partial charge in [0.2, 0.25) is 0 Å². The van der Waals surface area contributed by atoms with E-state index >= 15 is 0 Å². The molecule has 0 aliphatic heterocycles. The molecule has 80 valence electrons. The number of carbonyl (C=O) groups is 2. The van der Waals surface area contributed by atoms with E-state index in [9.17, 15) is 14.7 Å². The smallest absolute Gasteiger partial charge is 0.178 e. The van der Waals surface area contributed by atoms with Crippen molar-refractivity contribution in [3.63, 3.8) is 0 Å². The van der Waals surface area contributed by atoms with Crippen molar-refractivity contribution < 1.29 is 14.7 Å². The van der Waals surface area contributed by atoms with Crippen LogP contribution in [0.4, 0.5) is 0 Å². The fourth-order valence-corrected chi connectivity index (χ4v) is 2.02. The lowest BCUT2D eigenvalue weighted by Gasteiger charge is -2.27. The van der Waals surface area contributed by atoms with E-state index in [4.69, 9.17) is 5.73 Å². The van der Waals surface area contributed by atoms with E-state index < -0.39 is 11.8 Å². The van der Waals surface area contributed by atoms with E-state index in [1.165, 1.54) is 0 Å². The summed E-state index contributed by atoms with van der Waals surface area (Å²) in [6, 6.07) is 0. The van der Waals surface area contributed by atoms with Gasteiger partial charge < -0.3 is 15.6 Å². The molecule has 0 amide bonds. The number of carbonyl (C=O) groups excluding carboxylic acids is 2. The molecule has 1 aliphatic rings. The van der Waals surface area contributed by atoms with Gasteiger partial charge in [-0.05, 0) is 44.1 Å². The van der Waals surface area contributed by atoms with Gasteiger partial charge in [0.05, 0.1) is 0 Å². The Balaban J connectivity index is 2.29. The molecule has 14 heavy (non-hydrogen) atoms. The molecule has 0 heterocycles. The minimum atomic E-state index is -1.55. The Morgan fingerprint density at radius 3 is 2.07 bits per heavy atom. The fraction of sp³-hybridized carbons (Fsp3) is 0.800. The highest BCUT2D eigenvalue weighted by Crippen LogP contribution is 2.30. The van der Waals surface area contributed by atoms with Crippen LogP contribution < -0.4 is 10.8 Å². The van der Waals surface area contributed by atoms with Gasteiger partial charge >= 0.3 is 0 Å². The molecule has 1 aliphatic carbocycles. The van der Waals surface area contributed by atoms with E-state index in [1.54, 1.807) is 0 Å². The van der Waals surface area contributed by atoms with Crippen LogP contribution in [-0.2, 0) is 9.59 Å². The van der Waals surface area contributed by atoms with Crippen LogP contribution in [-0.4, -0.2) is 18.3 Å². The number of Topliss-reactive ketones (excluding diaryl/α,β-unsaturated/α-hetero) is 1. The van der Waals surface area contributed by atoms with Gasteiger partial charge in [-0.15, -0.1) is 0 Å². The standard InChI is InChI=1S/C10H17NO3/c11-6-8-3-1-7(2-4-8)5-9(12)10(13)14/h7-8H,1-6,11H2,(H,13,14)/p-1. The largest absolute Gasteiger partial charge is 0.542 e. The summed E-state index contributed by atoms with van der Waals surface area (Å²) in [5.74, 6) is -1.53. The lowest BCUT2D eigenvalue weighted by Crippen LogP contribution is -2.33. The van der Waals surface area contributed by atoms with Crippen LogP contribution in [0.3, 0.4) is 0 Å². The first-order valence-corrected chi connectivity index (χ1v) is 5.07. The van der Waals surface area contributed by atoms with Gasteiger partial charge in [0.25, 0.3) is 0 Å². The number of rotatable bonds is 4. The molecule has 0 aromatic rings. The normalized spacial score (nSPS) is 27.2. The van der Waals surface area contributed by atoms with Crippen molar-refractivity contribution in [2.24, 2.45) is 17.6 Å². The lowest BCUT2D eigenvalue weighted by atomic mass is 9.80. The maximum atomic E-state index is 10.9. The lowest BCUT2D eigenvalue weighted by molar-refractivity contribution is -0.300. The summed E-state index contributed by atoms with van der Waals surface area (Å²) in [4.78, 5) is 21.1. The second-order valence-electron chi connectivity index (χ2n) is 4.04. The van der Waals surface area contributed by atoms with Gasteiger partial charge in [0, 0.05) is 6.42 Å². The number of ketones is 1. The first kappa shape index (κ1) is 11.2. The van der Waals surface area contributed by atoms with Gasteiger partial charge in [0.1, 0.15) is 5.97 Å². The highest BCUT2D eigenvalue weighted by Gasteiger charge is 2.22. The van der Waals surface area contributed by atoms with Gasteiger partial charge in [-0.25, -0.2) is 0 Å². The number of hydrogen-bond acceptors (Lipinski definition) is 4. The van der Waals surface area contributed by atoms with Crippen molar-refractivity contribution in [3.8, 4) is 0 Å². The van der Waals surface area contributed by atoms with Crippen LogP contribution in [0.15, 0.2) is 0 Å². The topological polar surface area (TPSA) is 83.2 Å². The van der Waals surface area contributed by atoms with Gasteiger partial charge in [0.15, 0.2) is 5.78 Å². The quantitative estimate of drug-likeness (QED) is 0.615. The molecule has 1 saturated carbocycles. The molecule has 1 rings (SSSR count). The average molecular weight is 198 g/mol. The molecule has 0 atom stereocenters. The van der Waals surface area contributed by atoms with Gasteiger partial charge in [-0.1, -0.05) is 0 Å². The van der Waals surface area contributed by atoms with E-state index in [0.717, 1.165) is 25.7 Å². The zero-order valence-corrected chi connectivity index (χ0v) is 8.20. The van der Waals surface area contributed by atoms with Crippen molar-refractivity contribution in [1.82, 2.24) is 0 Å². The molecule has 0 spiro atoms. The summed E-state index contributed by atoms with van der Waals surface area (Å²) in [6.45, 7) is 0.696. The van der Waals surface area contributed by atoms with Crippen LogP contribution in [0, 0.1) is 11.8 Å². The SMILES string of the molecule is NCC1CCC(CC(=O)C(=O)[O-])CC1. The maximum Gasteiger partial charge on any atom is 0.178 e. The van der Waals surface area contributed by atoms with E-state index in [1.807, 2.05) is 0 Å². The molecule has 0 aromatic heterocycles. The van der Waals surface area contributed by atoms with Crippen molar-refractivity contribution in [3.05, 3.63) is 0 Å². The van der Waals surface area contributed by atoms with Crippen LogP contribution in [0.1, 0.15) is 32.1 Å². The molecule has 0 bridgehead atoms. The van der Waals surface area contributed by atoms with Crippen LogP contribution >= 0.6 is 0 Å². The molecular weight excluding hydrogens is 182 g/mol. The van der Waals surface area contributed by atoms with Crippen LogP contribution in [0.5, 0.6) is 0 Å². The summed E-state index contributed by atoms with van der Waals surface area (Å²) in [5, 5.41) is 10.2. The molecule has 0 saturated heterocycles. The minimum absolute atomic E-state index is 0.139. The monoisotopic (exact) mass is 198 g/mol. The van der Waals surface area contributed by atoms with Crippen molar-refractivity contribution in [2.45, 2.75) is 32.1 Å². The third-order valence-electron chi connectivity index (χ3n) is 3.00. The Hall–Kier alpha value is -0.900. The molecular formula is C10H16NO3-. The predicted octanol–water partition coefficient (Wildman–Crippen LogP) is -0.539. The van der Waals surface area contributed by atoms with Crippen LogP contribution in [0.25, 0.3) is 0 Å². The third-order valence-corrected chi connectivity index (χ3v) is 3.00. The molecule has 1 fully saturated rings. The molecule has 0 radical (unpaired) electrons. The molecule has 2 N–H and O–H groups in total. The Labute approximate surface area is 83.5 Å². The summed E-state index contributed by atoms with van der Waals surface area (Å²) in [5.41, 5.74) is 5.53. The highest BCUT2D eigenvalue weighted by molar-refractivity contribution is 6.31. The predicted molar refractivity (Wildman–Crippen MR) is 49.1 cm³/mol. The molecule has 0 aromatic carbocycles. The zero-order valence-electron chi connectivity index (χ0n) is 8.20. The molecule has 0 unspecified atom stereocenters. The second-order valence-corrected chi connectivity index (χ2v) is 4.04. The summed E-state index contributed by atoms with van der Waals surface area (Å²) >= 11 is 0. The summed E-state index contributed by atoms with van der Waals surface area (Å²) < 4.78 is 0. The number of carboxylic acids is 1. The number of nitrogens with two attached hydrogens (primary N) is 1. The van der Waals surface area contributed by atoms with Crippen molar-refractivity contribution in [1.29, 1.82) is 0 Å². The third kappa shape index (κ3) is 3.10. The number of carboxylic acid groups (broad SMARTS) is 1. The van der Waals surface area contributed by atoms with Gasteiger partial charge in [-0.2, -0.15) is 0 Å². The Kier molecular flexibility index (Phi) is 4.07. The number of aliphatic carboxylic acids is 1. The van der Waals surface area contributed by atoms with E-state index in [2.05, 4.69) is 0 Å². The summed E-state index contributed by atoms with van der Waals surface area (Å²) in [6.07, 6.45) is 4.00. The minimum Gasteiger partial charge on any atom is -0.542 e. The van der Waals surface area contributed by atoms with Crippen molar-refractivity contribution in [2.75, 3.05) is 6.54 Å². The fourth-order valence-electron chi connectivity index (χ4n) is 2.02. The van der Waals surface area contributed by atoms with Crippen molar-refractivity contribution >= 4 is 11.8 Å². The molecule has 4 heteroatoms. The zero-order chi connectivity index (χ0) is 10.6. The maximum absolute atomic E-state index is 10.9. The first-order valence-electron chi connectivity index (χ1n) is 5.07. The second kappa shape index (κ2) is 5.10. The average Bonchev–Trinajstić information content (AvgIpc) is 2.19. The van der Waals surface area contributed by atoms with E-state index in [0.29, 0.717) is 12.5 Å². The van der Waals surface area contributed by atoms with Crippen LogP contribution in [0.2, 0.25) is 0 Å². The molecule has 4 nitrogen and oxygen atoms in total. The first-order chi connectivity index (χ1) is 6.63. The number of hydrogen-bond donors (Lipinski definition) is 1. The Bertz CT molecular complexity index is 219. The summed E-state index contributed by atoms with van der Waals surface area (Å²) in [7, 11) is 0. The van der Waals surface area contributed by atoms with E-state index in [-0.39, 0.29) is 12.3 Å².